The minimum Gasteiger partial charge on any atom is -0.292 e. The molecule has 0 saturated heterocycles. The summed E-state index contributed by atoms with van der Waals surface area (Å²) in [6.45, 7) is 5.65. The Labute approximate surface area is 90.7 Å². The van der Waals surface area contributed by atoms with E-state index in [-0.39, 0.29) is 5.78 Å². The first kappa shape index (κ1) is 11.5. The van der Waals surface area contributed by atoms with Crippen LogP contribution in [0, 0.1) is 25.7 Å². The number of ketones is 1. The number of Topliss-reactive ketones (excluding diaryl/α,β-unsaturated/α-hetero) is 1. The van der Waals surface area contributed by atoms with Crippen LogP contribution in [0.5, 0.6) is 0 Å². The number of pyridine rings is 1. The summed E-state index contributed by atoms with van der Waals surface area (Å²) in [7, 11) is 0. The van der Waals surface area contributed by atoms with Crippen molar-refractivity contribution in [3.8, 4) is 11.8 Å². The minimum atomic E-state index is 0.0737. The second-order valence-electron chi connectivity index (χ2n) is 3.52. The average molecular weight is 201 g/mol. The van der Waals surface area contributed by atoms with Crippen LogP contribution in [0.25, 0.3) is 0 Å². The van der Waals surface area contributed by atoms with Gasteiger partial charge in [-0.15, -0.1) is 11.8 Å². The quantitative estimate of drug-likeness (QED) is 0.556. The number of hydrogen-bond donors (Lipinski definition) is 0. The third-order valence-electron chi connectivity index (χ3n) is 2.04. The van der Waals surface area contributed by atoms with E-state index >= 15 is 0 Å². The fourth-order valence-corrected chi connectivity index (χ4v) is 1.41. The molecule has 2 nitrogen and oxygen atoms in total. The van der Waals surface area contributed by atoms with Gasteiger partial charge in [-0.3, -0.25) is 9.78 Å². The summed E-state index contributed by atoms with van der Waals surface area (Å²) in [6, 6.07) is 3.79. The normalized spacial score (nSPS) is 9.27. The van der Waals surface area contributed by atoms with Crippen LogP contribution in [0.3, 0.4) is 0 Å². The van der Waals surface area contributed by atoms with E-state index in [1.54, 1.807) is 6.92 Å². The van der Waals surface area contributed by atoms with Crippen molar-refractivity contribution in [1.29, 1.82) is 0 Å². The summed E-state index contributed by atoms with van der Waals surface area (Å²) in [5.41, 5.74) is 2.53. The molecule has 0 bridgehead atoms. The highest BCUT2D eigenvalue weighted by molar-refractivity contribution is 5.94. The number of nitrogens with zero attached hydrogens (tertiary/aromatic N) is 1. The van der Waals surface area contributed by atoms with Gasteiger partial charge in [-0.1, -0.05) is 0 Å². The smallest absolute Gasteiger partial charge is 0.182 e. The zero-order valence-electron chi connectivity index (χ0n) is 9.42. The molecule has 15 heavy (non-hydrogen) atoms. The Bertz CT molecular complexity index is 404. The molecule has 2 heteroatoms. The summed E-state index contributed by atoms with van der Waals surface area (Å²) in [5, 5.41) is 0. The maximum absolute atomic E-state index is 11.7. The van der Waals surface area contributed by atoms with Crippen molar-refractivity contribution in [3.63, 3.8) is 0 Å². The molecule has 0 N–H and O–H groups in total. The van der Waals surface area contributed by atoms with Crippen LogP contribution in [0.4, 0.5) is 0 Å². The standard InChI is InChI=1S/C13H15NO/c1-4-5-6-7-13(15)12-9-10(2)8-11(3)14-12/h8-9H,6-7H2,1-3H3. The first-order valence-corrected chi connectivity index (χ1v) is 5.01. The molecule has 1 rings (SSSR count). The highest BCUT2D eigenvalue weighted by Gasteiger charge is 2.07. The van der Waals surface area contributed by atoms with E-state index in [4.69, 9.17) is 0 Å². The number of rotatable bonds is 3. The monoisotopic (exact) mass is 201 g/mol. The molecule has 0 atom stereocenters. The third kappa shape index (κ3) is 3.55. The number of hydrogen-bond acceptors (Lipinski definition) is 2. The van der Waals surface area contributed by atoms with Crippen molar-refractivity contribution >= 4 is 5.78 Å². The van der Waals surface area contributed by atoms with E-state index in [0.717, 1.165) is 11.3 Å². The van der Waals surface area contributed by atoms with E-state index in [1.807, 2.05) is 26.0 Å². The van der Waals surface area contributed by atoms with Crippen molar-refractivity contribution in [3.05, 3.63) is 29.1 Å². The predicted molar refractivity (Wildman–Crippen MR) is 60.7 cm³/mol. The summed E-state index contributed by atoms with van der Waals surface area (Å²) < 4.78 is 0. The lowest BCUT2D eigenvalue weighted by molar-refractivity contribution is 0.0979. The van der Waals surface area contributed by atoms with E-state index in [9.17, 15) is 4.79 Å². The topological polar surface area (TPSA) is 30.0 Å². The van der Waals surface area contributed by atoms with Crippen LogP contribution < -0.4 is 0 Å². The first-order chi connectivity index (χ1) is 7.13. The highest BCUT2D eigenvalue weighted by Crippen LogP contribution is 2.07. The lowest BCUT2D eigenvalue weighted by atomic mass is 10.1. The average Bonchev–Trinajstić information content (AvgIpc) is 2.16. The zero-order chi connectivity index (χ0) is 11.3. The molecular formula is C13H15NO. The van der Waals surface area contributed by atoms with Gasteiger partial charge in [0.2, 0.25) is 0 Å². The van der Waals surface area contributed by atoms with Crippen LogP contribution in [0.1, 0.15) is 41.5 Å². The fraction of sp³-hybridized carbons (Fsp3) is 0.385. The highest BCUT2D eigenvalue weighted by atomic mass is 16.1. The van der Waals surface area contributed by atoms with E-state index in [1.165, 1.54) is 0 Å². The predicted octanol–water partition coefficient (Wildman–Crippen LogP) is 2.68. The van der Waals surface area contributed by atoms with Gasteiger partial charge in [-0.05, 0) is 38.5 Å². The second-order valence-corrected chi connectivity index (χ2v) is 3.52. The number of aromatic nitrogens is 1. The molecule has 0 saturated carbocycles. The molecule has 1 aromatic rings. The summed E-state index contributed by atoms with van der Waals surface area (Å²) in [5.74, 6) is 5.73. The Balaban J connectivity index is 2.76. The first-order valence-electron chi connectivity index (χ1n) is 5.01. The summed E-state index contributed by atoms with van der Waals surface area (Å²) in [4.78, 5) is 15.9. The summed E-state index contributed by atoms with van der Waals surface area (Å²) >= 11 is 0. The maximum atomic E-state index is 11.7. The van der Waals surface area contributed by atoms with Gasteiger partial charge in [-0.2, -0.15) is 0 Å². The molecule has 1 heterocycles. The van der Waals surface area contributed by atoms with Crippen molar-refractivity contribution in [2.45, 2.75) is 33.6 Å². The van der Waals surface area contributed by atoms with Crippen LogP contribution in [-0.2, 0) is 0 Å². The number of carbonyl (C=O) groups excluding carboxylic acids is 1. The van der Waals surface area contributed by atoms with Crippen LogP contribution in [0.2, 0.25) is 0 Å². The maximum Gasteiger partial charge on any atom is 0.182 e. The Hall–Kier alpha value is -1.62. The molecule has 0 spiro atoms. The molecule has 1 aromatic heterocycles. The fourth-order valence-electron chi connectivity index (χ4n) is 1.41. The molecule has 0 fully saturated rings. The Kier molecular flexibility index (Phi) is 4.05. The molecule has 0 aliphatic carbocycles. The van der Waals surface area contributed by atoms with Crippen molar-refractivity contribution in [2.75, 3.05) is 0 Å². The largest absolute Gasteiger partial charge is 0.292 e. The molecule has 0 aliphatic heterocycles. The lowest BCUT2D eigenvalue weighted by Crippen LogP contribution is -2.03. The SMILES string of the molecule is CC#CCCC(=O)c1cc(C)cc(C)n1. The summed E-state index contributed by atoms with van der Waals surface area (Å²) in [6.07, 6.45) is 1.07. The Morgan fingerprint density at radius 2 is 2.13 bits per heavy atom. The molecular weight excluding hydrogens is 186 g/mol. The van der Waals surface area contributed by atoms with Crippen molar-refractivity contribution in [1.82, 2.24) is 4.98 Å². The second kappa shape index (κ2) is 5.31. The Morgan fingerprint density at radius 1 is 1.40 bits per heavy atom. The van der Waals surface area contributed by atoms with Crippen LogP contribution in [-0.4, -0.2) is 10.8 Å². The van der Waals surface area contributed by atoms with Crippen molar-refractivity contribution < 1.29 is 4.79 Å². The Morgan fingerprint density at radius 3 is 2.73 bits per heavy atom. The van der Waals surface area contributed by atoms with E-state index < -0.39 is 0 Å². The van der Waals surface area contributed by atoms with Gasteiger partial charge < -0.3 is 0 Å². The molecule has 0 radical (unpaired) electrons. The zero-order valence-corrected chi connectivity index (χ0v) is 9.42. The van der Waals surface area contributed by atoms with Gasteiger partial charge in [-0.25, -0.2) is 0 Å². The minimum absolute atomic E-state index is 0.0737. The van der Waals surface area contributed by atoms with Crippen LogP contribution >= 0.6 is 0 Å². The lowest BCUT2D eigenvalue weighted by Gasteiger charge is -2.01. The van der Waals surface area contributed by atoms with E-state index in [0.29, 0.717) is 18.5 Å². The van der Waals surface area contributed by atoms with Gasteiger partial charge in [0, 0.05) is 18.5 Å². The van der Waals surface area contributed by atoms with Gasteiger partial charge in [0.05, 0.1) is 0 Å². The number of carbonyl (C=O) groups is 1. The number of aryl methyl sites for hydroxylation is 2. The molecule has 0 unspecified atom stereocenters. The van der Waals surface area contributed by atoms with Gasteiger partial charge in [0.25, 0.3) is 0 Å². The van der Waals surface area contributed by atoms with Crippen molar-refractivity contribution in [2.24, 2.45) is 0 Å². The van der Waals surface area contributed by atoms with Gasteiger partial charge in [0.1, 0.15) is 5.69 Å². The molecule has 0 aliphatic rings. The van der Waals surface area contributed by atoms with E-state index in [2.05, 4.69) is 16.8 Å². The molecule has 78 valence electrons. The molecule has 0 amide bonds. The molecule has 0 aromatic carbocycles. The third-order valence-corrected chi connectivity index (χ3v) is 2.04. The van der Waals surface area contributed by atoms with Gasteiger partial charge >= 0.3 is 0 Å². The van der Waals surface area contributed by atoms with Gasteiger partial charge in [0.15, 0.2) is 5.78 Å². The van der Waals surface area contributed by atoms with Crippen LogP contribution in [0.15, 0.2) is 12.1 Å².